The third kappa shape index (κ3) is 7.66. The predicted octanol–water partition coefficient (Wildman–Crippen LogP) is 5.59. The predicted molar refractivity (Wildman–Crippen MR) is 169 cm³/mol. The highest BCUT2D eigenvalue weighted by Gasteiger charge is 2.34. The maximum absolute atomic E-state index is 14.3. The van der Waals surface area contributed by atoms with E-state index < -0.39 is 28.5 Å². The molecular formula is C33H34BrN3O4S. The van der Waals surface area contributed by atoms with Crippen molar-refractivity contribution in [1.29, 1.82) is 0 Å². The molecule has 0 bridgehead atoms. The van der Waals surface area contributed by atoms with Gasteiger partial charge in [0.15, 0.2) is 0 Å². The van der Waals surface area contributed by atoms with E-state index in [9.17, 15) is 18.0 Å². The zero-order chi connectivity index (χ0) is 30.1. The van der Waals surface area contributed by atoms with Crippen LogP contribution >= 0.6 is 15.9 Å². The molecule has 4 rings (SSSR count). The molecule has 218 valence electrons. The van der Waals surface area contributed by atoms with E-state index in [2.05, 4.69) is 21.2 Å². The van der Waals surface area contributed by atoms with Crippen LogP contribution in [0.25, 0.3) is 0 Å². The van der Waals surface area contributed by atoms with Crippen molar-refractivity contribution < 1.29 is 18.0 Å². The first-order chi connectivity index (χ1) is 20.2. The molecule has 0 saturated heterocycles. The molecule has 2 amide bonds. The summed E-state index contributed by atoms with van der Waals surface area (Å²) in [5.41, 5.74) is 3.08. The van der Waals surface area contributed by atoms with Crippen molar-refractivity contribution in [3.05, 3.63) is 130 Å². The lowest BCUT2D eigenvalue weighted by Crippen LogP contribution is -2.53. The van der Waals surface area contributed by atoms with Gasteiger partial charge in [-0.25, -0.2) is 8.42 Å². The van der Waals surface area contributed by atoms with Crippen molar-refractivity contribution >= 4 is 43.5 Å². The molecule has 0 spiro atoms. The Bertz CT molecular complexity index is 1600. The summed E-state index contributed by atoms with van der Waals surface area (Å²) in [6, 6.07) is 31.2. The van der Waals surface area contributed by atoms with Crippen LogP contribution in [0.5, 0.6) is 0 Å². The minimum Gasteiger partial charge on any atom is -0.357 e. The van der Waals surface area contributed by atoms with Gasteiger partial charge in [0, 0.05) is 24.5 Å². The van der Waals surface area contributed by atoms with Gasteiger partial charge in [0.1, 0.15) is 12.6 Å². The number of rotatable bonds is 12. The smallest absolute Gasteiger partial charge is 0.264 e. The lowest BCUT2D eigenvalue weighted by Gasteiger charge is -2.33. The lowest BCUT2D eigenvalue weighted by atomic mass is 10.0. The molecule has 0 radical (unpaired) electrons. The molecule has 0 aromatic heterocycles. The number of hydrogen-bond donors (Lipinski definition) is 1. The summed E-state index contributed by atoms with van der Waals surface area (Å²) in [6.07, 6.45) is 1.05. The lowest BCUT2D eigenvalue weighted by molar-refractivity contribution is -0.139. The van der Waals surface area contributed by atoms with Crippen LogP contribution in [0.15, 0.2) is 119 Å². The van der Waals surface area contributed by atoms with Gasteiger partial charge in [-0.15, -0.1) is 0 Å². The van der Waals surface area contributed by atoms with Crippen molar-refractivity contribution in [3.63, 3.8) is 0 Å². The Morgan fingerprint density at radius 3 is 2.02 bits per heavy atom. The van der Waals surface area contributed by atoms with Crippen LogP contribution in [0, 0.1) is 0 Å². The highest BCUT2D eigenvalue weighted by molar-refractivity contribution is 9.10. The third-order valence-corrected chi connectivity index (χ3v) is 9.28. The van der Waals surface area contributed by atoms with Crippen LogP contribution in [0.2, 0.25) is 0 Å². The molecule has 0 heterocycles. The number of hydrogen-bond acceptors (Lipinski definition) is 4. The first kappa shape index (κ1) is 31.0. The first-order valence-corrected chi connectivity index (χ1v) is 15.9. The van der Waals surface area contributed by atoms with E-state index in [1.807, 2.05) is 73.7 Å². The number of benzene rings is 4. The molecule has 4 aromatic rings. The molecule has 1 atom stereocenters. The molecular weight excluding hydrogens is 614 g/mol. The van der Waals surface area contributed by atoms with E-state index in [4.69, 9.17) is 0 Å². The topological polar surface area (TPSA) is 86.8 Å². The number of likely N-dealkylation sites (N-methyl/N-ethyl adjacent to an activating group) is 1. The normalized spacial score (nSPS) is 11.9. The van der Waals surface area contributed by atoms with Crippen molar-refractivity contribution in [3.8, 4) is 0 Å². The Balaban J connectivity index is 1.78. The third-order valence-electron chi connectivity index (χ3n) is 7.00. The second-order valence-corrected chi connectivity index (χ2v) is 12.6. The van der Waals surface area contributed by atoms with E-state index in [1.54, 1.807) is 30.3 Å². The minimum absolute atomic E-state index is 0.0723. The van der Waals surface area contributed by atoms with Crippen LogP contribution in [-0.2, 0) is 39.0 Å². The van der Waals surface area contributed by atoms with Crippen molar-refractivity contribution in [2.75, 3.05) is 17.9 Å². The van der Waals surface area contributed by atoms with Crippen LogP contribution in [0.1, 0.15) is 23.6 Å². The number of carbonyl (C=O) groups is 2. The average Bonchev–Trinajstić information content (AvgIpc) is 3.02. The molecule has 1 unspecified atom stereocenters. The van der Waals surface area contributed by atoms with E-state index in [-0.39, 0.29) is 23.8 Å². The van der Waals surface area contributed by atoms with Gasteiger partial charge in [-0.05, 0) is 59.5 Å². The van der Waals surface area contributed by atoms with E-state index in [0.29, 0.717) is 5.69 Å². The van der Waals surface area contributed by atoms with Crippen LogP contribution < -0.4 is 9.62 Å². The zero-order valence-corrected chi connectivity index (χ0v) is 26.0. The molecule has 0 aliphatic heterocycles. The molecule has 9 heteroatoms. The quantitative estimate of drug-likeness (QED) is 0.217. The van der Waals surface area contributed by atoms with Gasteiger partial charge < -0.3 is 10.2 Å². The van der Waals surface area contributed by atoms with E-state index in [0.717, 1.165) is 31.9 Å². The highest BCUT2D eigenvalue weighted by Crippen LogP contribution is 2.26. The summed E-state index contributed by atoms with van der Waals surface area (Å²) in [5.74, 6) is -0.842. The fourth-order valence-corrected chi connectivity index (χ4v) is 6.58. The van der Waals surface area contributed by atoms with Crippen LogP contribution in [-0.4, -0.2) is 44.8 Å². The van der Waals surface area contributed by atoms with E-state index in [1.165, 1.54) is 24.1 Å². The summed E-state index contributed by atoms with van der Waals surface area (Å²) >= 11 is 3.49. The first-order valence-electron chi connectivity index (χ1n) is 13.7. The van der Waals surface area contributed by atoms with Gasteiger partial charge in [-0.2, -0.15) is 0 Å². The Morgan fingerprint density at radius 2 is 1.43 bits per heavy atom. The van der Waals surface area contributed by atoms with Crippen LogP contribution in [0.3, 0.4) is 0 Å². The summed E-state index contributed by atoms with van der Waals surface area (Å²) in [5, 5.41) is 2.70. The molecule has 0 aliphatic rings. The van der Waals surface area contributed by atoms with Crippen LogP contribution in [0.4, 0.5) is 5.69 Å². The minimum atomic E-state index is -4.11. The van der Waals surface area contributed by atoms with Crippen molar-refractivity contribution in [1.82, 2.24) is 10.2 Å². The largest absolute Gasteiger partial charge is 0.357 e. The fraction of sp³-hybridized carbons (Fsp3) is 0.212. The average molecular weight is 649 g/mol. The SMILES string of the molecule is CCc1ccc(N(CC(=O)N(Cc2cccc(Br)c2)C(Cc2ccccc2)C(=O)NC)S(=O)(=O)c2ccccc2)cc1. The Labute approximate surface area is 256 Å². The number of sulfonamides is 1. The van der Waals surface area contributed by atoms with Gasteiger partial charge in [0.05, 0.1) is 10.6 Å². The van der Waals surface area contributed by atoms with Gasteiger partial charge in [-0.3, -0.25) is 13.9 Å². The Hall–Kier alpha value is -3.95. The Morgan fingerprint density at radius 1 is 0.810 bits per heavy atom. The molecule has 0 fully saturated rings. The summed E-state index contributed by atoms with van der Waals surface area (Å²) in [4.78, 5) is 29.2. The molecule has 4 aromatic carbocycles. The van der Waals surface area contributed by atoms with E-state index >= 15 is 0 Å². The van der Waals surface area contributed by atoms with Gasteiger partial charge in [-0.1, -0.05) is 95.7 Å². The number of aryl methyl sites for hydroxylation is 1. The second kappa shape index (κ2) is 14.3. The van der Waals surface area contributed by atoms with Crippen molar-refractivity contribution in [2.45, 2.75) is 37.2 Å². The summed E-state index contributed by atoms with van der Waals surface area (Å²) in [7, 11) is -2.58. The molecule has 42 heavy (non-hydrogen) atoms. The molecule has 0 aliphatic carbocycles. The monoisotopic (exact) mass is 647 g/mol. The standard InChI is InChI=1S/C33H34BrN3O4S/c1-3-25-17-19-29(20-18-25)37(42(40,41)30-15-8-5-9-16-30)24-32(38)36(23-27-13-10-14-28(34)21-27)31(33(39)35-2)22-26-11-6-4-7-12-26/h4-21,31H,3,22-24H2,1-2H3,(H,35,39). The number of halogens is 1. The summed E-state index contributed by atoms with van der Waals surface area (Å²) in [6.45, 7) is 1.64. The number of anilines is 1. The number of nitrogens with one attached hydrogen (secondary N) is 1. The maximum atomic E-state index is 14.3. The van der Waals surface area contributed by atoms with Gasteiger partial charge >= 0.3 is 0 Å². The second-order valence-electron chi connectivity index (χ2n) is 9.82. The fourth-order valence-electron chi connectivity index (χ4n) is 4.70. The Kier molecular flexibility index (Phi) is 10.5. The van der Waals surface area contributed by atoms with Gasteiger partial charge in [0.25, 0.3) is 10.0 Å². The molecule has 0 saturated carbocycles. The zero-order valence-electron chi connectivity index (χ0n) is 23.6. The number of nitrogens with zero attached hydrogens (tertiary/aromatic N) is 2. The molecule has 1 N–H and O–H groups in total. The number of amides is 2. The number of carbonyl (C=O) groups excluding carboxylic acids is 2. The maximum Gasteiger partial charge on any atom is 0.264 e. The van der Waals surface area contributed by atoms with Gasteiger partial charge in [0.2, 0.25) is 11.8 Å². The van der Waals surface area contributed by atoms with Crippen molar-refractivity contribution in [2.24, 2.45) is 0 Å². The highest BCUT2D eigenvalue weighted by atomic mass is 79.9. The molecule has 7 nitrogen and oxygen atoms in total. The summed E-state index contributed by atoms with van der Waals surface area (Å²) < 4.78 is 29.9.